The number of carbonyl (C=O) groups is 4. The van der Waals surface area contributed by atoms with Crippen molar-refractivity contribution >= 4 is 23.9 Å². The predicted octanol–water partition coefficient (Wildman–Crippen LogP) is 1.20. The number of hydrogen-bond acceptors (Lipinski definition) is 8. The van der Waals surface area contributed by atoms with Crippen LogP contribution in [0.5, 0.6) is 0 Å². The van der Waals surface area contributed by atoms with Gasteiger partial charge in [0.05, 0.1) is 6.54 Å². The summed E-state index contributed by atoms with van der Waals surface area (Å²) in [5, 5.41) is 45.5. The Kier molecular flexibility index (Phi) is 10.9. The van der Waals surface area contributed by atoms with Crippen LogP contribution in [0.3, 0.4) is 0 Å². The largest absolute Gasteiger partial charge is 0.479 e. The molecule has 0 radical (unpaired) electrons. The third-order valence-electron chi connectivity index (χ3n) is 8.49. The Labute approximate surface area is 239 Å². The van der Waals surface area contributed by atoms with Crippen molar-refractivity contribution in [1.29, 1.82) is 5.26 Å². The minimum Gasteiger partial charge on any atom is -0.479 e. The smallest absolute Gasteiger partial charge is 0.335 e. The molecule has 4 unspecified atom stereocenters. The molecule has 0 bridgehead atoms. The second-order valence-corrected chi connectivity index (χ2v) is 11.7. The Morgan fingerprint density at radius 3 is 2.10 bits per heavy atom. The molecule has 2 aliphatic carbocycles. The monoisotopic (exact) mass is 575 g/mol. The molecular formula is C28H41N5O8. The maximum atomic E-state index is 12.8. The summed E-state index contributed by atoms with van der Waals surface area (Å²) >= 11 is 0. The Morgan fingerprint density at radius 2 is 1.61 bits per heavy atom. The first-order chi connectivity index (χ1) is 19.4. The van der Waals surface area contributed by atoms with Gasteiger partial charge in [-0.1, -0.05) is 32.1 Å². The molecule has 13 nitrogen and oxygen atoms in total. The number of carboxylic acid groups (broad SMARTS) is 2. The van der Waals surface area contributed by atoms with E-state index >= 15 is 0 Å². The third-order valence-corrected chi connectivity index (χ3v) is 8.49. The van der Waals surface area contributed by atoms with Crippen LogP contribution in [-0.2, 0) is 9.59 Å². The molecule has 4 rings (SSSR count). The summed E-state index contributed by atoms with van der Waals surface area (Å²) in [6.45, 7) is 1.88. The number of amides is 2. The fourth-order valence-electron chi connectivity index (χ4n) is 6.56. The van der Waals surface area contributed by atoms with Crippen LogP contribution < -0.4 is 5.32 Å². The molecule has 4 atom stereocenters. The zero-order chi connectivity index (χ0) is 30.3. The van der Waals surface area contributed by atoms with Gasteiger partial charge in [0.15, 0.2) is 12.2 Å². The molecule has 1 saturated heterocycles. The molecule has 3 fully saturated rings. The Balaban J connectivity index is 0.000000397. The van der Waals surface area contributed by atoms with Crippen molar-refractivity contribution in [1.82, 2.24) is 19.7 Å². The quantitative estimate of drug-likeness (QED) is 0.300. The molecule has 41 heavy (non-hydrogen) atoms. The van der Waals surface area contributed by atoms with Gasteiger partial charge in [0.2, 0.25) is 5.91 Å². The number of likely N-dealkylation sites (tertiary alicyclic amines) is 1. The maximum Gasteiger partial charge on any atom is 0.335 e. The van der Waals surface area contributed by atoms with Crippen LogP contribution >= 0.6 is 0 Å². The summed E-state index contributed by atoms with van der Waals surface area (Å²) in [5.41, 5.74) is 0.342. The molecule has 2 heterocycles. The number of carbonyl (C=O) groups excluding carboxylic acids is 2. The van der Waals surface area contributed by atoms with Crippen molar-refractivity contribution < 1.29 is 39.6 Å². The molecule has 1 aliphatic heterocycles. The standard InChI is InChI=1S/C24H35N5O2.C4H6O6/c1-27(2)23(31)28-16-19-12-24(13-20(19)17-28,11-18-7-4-3-5-8-18)26-15-22(30)29-10-6-9-21(29)14-25;5-1(3(7)8)2(6)4(9)10/h6,9-10,18-20,26H,3-5,7-8,11-13,15-17H2,1-2H3;1-2,5-6H,(H,7,8)(H,9,10). The van der Waals surface area contributed by atoms with Gasteiger partial charge in [-0.2, -0.15) is 5.26 Å². The van der Waals surface area contributed by atoms with Gasteiger partial charge in [0, 0.05) is 38.9 Å². The van der Waals surface area contributed by atoms with E-state index in [-0.39, 0.29) is 24.0 Å². The molecule has 0 aromatic carbocycles. The van der Waals surface area contributed by atoms with Crippen LogP contribution in [0.4, 0.5) is 4.79 Å². The van der Waals surface area contributed by atoms with Crippen LogP contribution in [0.2, 0.25) is 0 Å². The second kappa shape index (κ2) is 13.9. The fraction of sp³-hybridized carbons (Fsp3) is 0.679. The van der Waals surface area contributed by atoms with Crippen LogP contribution in [0.1, 0.15) is 61.9 Å². The van der Waals surface area contributed by atoms with Crippen LogP contribution in [0.25, 0.3) is 0 Å². The molecule has 5 N–H and O–H groups in total. The number of fused-ring (bicyclic) bond motifs is 1. The molecule has 226 valence electrons. The zero-order valence-electron chi connectivity index (χ0n) is 23.6. The first-order valence-electron chi connectivity index (χ1n) is 14.0. The van der Waals surface area contributed by atoms with Gasteiger partial charge >= 0.3 is 18.0 Å². The van der Waals surface area contributed by atoms with Gasteiger partial charge in [0.25, 0.3) is 0 Å². The van der Waals surface area contributed by atoms with E-state index in [9.17, 15) is 24.4 Å². The van der Waals surface area contributed by atoms with Crippen LogP contribution in [0.15, 0.2) is 18.3 Å². The van der Waals surface area contributed by atoms with Crippen molar-refractivity contribution in [3.05, 3.63) is 24.0 Å². The highest BCUT2D eigenvalue weighted by Gasteiger charge is 2.50. The number of nitrogens with zero attached hydrogens (tertiary/aromatic N) is 4. The highest BCUT2D eigenvalue weighted by atomic mass is 16.4. The number of carboxylic acids is 2. The number of aliphatic hydroxyl groups excluding tert-OH is 2. The molecule has 1 aromatic heterocycles. The molecule has 1 aromatic rings. The summed E-state index contributed by atoms with van der Waals surface area (Å²) < 4.78 is 1.45. The van der Waals surface area contributed by atoms with E-state index < -0.39 is 24.1 Å². The number of nitriles is 1. The van der Waals surface area contributed by atoms with E-state index in [0.29, 0.717) is 17.5 Å². The number of hydrogen-bond donors (Lipinski definition) is 5. The number of aliphatic carboxylic acids is 2. The first kappa shape index (κ1) is 32.0. The summed E-state index contributed by atoms with van der Waals surface area (Å²) in [7, 11) is 3.63. The van der Waals surface area contributed by atoms with E-state index in [4.69, 9.17) is 20.4 Å². The van der Waals surface area contributed by atoms with Gasteiger partial charge in [-0.05, 0) is 49.1 Å². The molecule has 0 spiro atoms. The minimum absolute atomic E-state index is 0.0415. The lowest BCUT2D eigenvalue weighted by atomic mass is 9.77. The normalized spacial score (nSPS) is 25.3. The first-order valence-corrected chi connectivity index (χ1v) is 14.0. The van der Waals surface area contributed by atoms with Crippen molar-refractivity contribution in [3.8, 4) is 6.07 Å². The lowest BCUT2D eigenvalue weighted by Gasteiger charge is -2.37. The maximum absolute atomic E-state index is 12.8. The fourth-order valence-corrected chi connectivity index (χ4v) is 6.56. The molecule has 2 saturated carbocycles. The van der Waals surface area contributed by atoms with Gasteiger partial charge in [-0.15, -0.1) is 0 Å². The average molecular weight is 576 g/mol. The van der Waals surface area contributed by atoms with E-state index in [1.54, 1.807) is 23.2 Å². The van der Waals surface area contributed by atoms with Crippen molar-refractivity contribution in [2.45, 2.75) is 69.1 Å². The van der Waals surface area contributed by atoms with Gasteiger partial charge < -0.3 is 35.5 Å². The average Bonchev–Trinajstić information content (AvgIpc) is 3.65. The van der Waals surface area contributed by atoms with Crippen molar-refractivity contribution in [3.63, 3.8) is 0 Å². The molecule has 3 aliphatic rings. The van der Waals surface area contributed by atoms with E-state index in [0.717, 1.165) is 38.3 Å². The topological polar surface area (TPSA) is 196 Å². The van der Waals surface area contributed by atoms with E-state index in [2.05, 4.69) is 11.4 Å². The van der Waals surface area contributed by atoms with Gasteiger partial charge in [-0.3, -0.25) is 9.36 Å². The highest BCUT2D eigenvalue weighted by Crippen LogP contribution is 2.48. The lowest BCUT2D eigenvalue weighted by Crippen LogP contribution is -2.49. The number of aliphatic hydroxyl groups is 2. The zero-order valence-corrected chi connectivity index (χ0v) is 23.6. The number of rotatable bonds is 8. The summed E-state index contributed by atoms with van der Waals surface area (Å²) in [6, 6.07) is 5.61. The third kappa shape index (κ3) is 8.06. The van der Waals surface area contributed by atoms with Gasteiger partial charge in [0.1, 0.15) is 11.8 Å². The Bertz CT molecular complexity index is 1110. The van der Waals surface area contributed by atoms with E-state index in [1.807, 2.05) is 19.0 Å². The summed E-state index contributed by atoms with van der Waals surface area (Å²) in [4.78, 5) is 48.5. The second-order valence-electron chi connectivity index (χ2n) is 11.7. The van der Waals surface area contributed by atoms with E-state index in [1.165, 1.54) is 36.7 Å². The Hall–Kier alpha value is -3.47. The van der Waals surface area contributed by atoms with Crippen LogP contribution in [0, 0.1) is 29.1 Å². The summed E-state index contributed by atoms with van der Waals surface area (Å²) in [6.07, 6.45) is 6.84. The number of urea groups is 1. The minimum atomic E-state index is -2.27. The highest BCUT2D eigenvalue weighted by molar-refractivity contribution is 5.83. The Morgan fingerprint density at radius 1 is 1.05 bits per heavy atom. The molecule has 13 heteroatoms. The molecular weight excluding hydrogens is 534 g/mol. The number of aromatic nitrogens is 1. The van der Waals surface area contributed by atoms with Crippen molar-refractivity contribution in [2.75, 3.05) is 33.7 Å². The van der Waals surface area contributed by atoms with Crippen LogP contribution in [-0.4, -0.2) is 110 Å². The number of nitrogens with one attached hydrogen (secondary N) is 1. The van der Waals surface area contributed by atoms with Crippen molar-refractivity contribution in [2.24, 2.45) is 17.8 Å². The lowest BCUT2D eigenvalue weighted by molar-refractivity contribution is -0.165. The summed E-state index contributed by atoms with van der Waals surface area (Å²) in [5.74, 6) is -1.90. The SMILES string of the molecule is CN(C)C(=O)N1CC2CC(CC3CCCCC3)(NCC(=O)n3cccc3C#N)CC2C1.O=C(O)C(O)C(O)C(=O)O. The molecule has 2 amide bonds. The van der Waals surface area contributed by atoms with Gasteiger partial charge in [-0.25, -0.2) is 14.4 Å². The predicted molar refractivity (Wildman–Crippen MR) is 146 cm³/mol.